The molecule has 17 heavy (non-hydrogen) atoms. The van der Waals surface area contributed by atoms with Gasteiger partial charge >= 0.3 is 0 Å². The van der Waals surface area contributed by atoms with E-state index in [-0.39, 0.29) is 11.5 Å². The number of carbonyl (C=O) groups excluding carboxylic acids is 1. The standard InChI is InChI=1S/C13H22ClNO2/c1-17-13(7-2-8-13)9-12(16)15-11-5-3-10(14)4-6-11/h10-11H,2-9H2,1H3,(H,15,16). The van der Waals surface area contributed by atoms with E-state index in [0.717, 1.165) is 38.5 Å². The van der Waals surface area contributed by atoms with E-state index in [2.05, 4.69) is 5.32 Å². The van der Waals surface area contributed by atoms with Crippen LogP contribution >= 0.6 is 11.6 Å². The molecule has 0 aromatic carbocycles. The van der Waals surface area contributed by atoms with Gasteiger partial charge in [-0.25, -0.2) is 0 Å². The minimum atomic E-state index is -0.159. The lowest BCUT2D eigenvalue weighted by Crippen LogP contribution is -2.46. The molecule has 0 heterocycles. The van der Waals surface area contributed by atoms with Crippen LogP contribution < -0.4 is 5.32 Å². The van der Waals surface area contributed by atoms with Gasteiger partial charge in [-0.2, -0.15) is 0 Å². The molecule has 2 aliphatic rings. The van der Waals surface area contributed by atoms with Crippen LogP contribution in [0.15, 0.2) is 0 Å². The SMILES string of the molecule is COC1(CC(=O)NC2CCC(Cl)CC2)CCC1. The summed E-state index contributed by atoms with van der Waals surface area (Å²) < 4.78 is 5.47. The van der Waals surface area contributed by atoms with Crippen LogP contribution in [-0.4, -0.2) is 30.0 Å². The molecular formula is C13H22ClNO2. The number of carbonyl (C=O) groups is 1. The van der Waals surface area contributed by atoms with E-state index in [1.54, 1.807) is 7.11 Å². The Balaban J connectivity index is 1.73. The van der Waals surface area contributed by atoms with Crippen molar-refractivity contribution in [3.8, 4) is 0 Å². The monoisotopic (exact) mass is 259 g/mol. The lowest BCUT2D eigenvalue weighted by molar-refractivity contribution is -0.135. The molecule has 2 fully saturated rings. The summed E-state index contributed by atoms with van der Waals surface area (Å²) in [6.07, 6.45) is 7.79. The molecule has 3 nitrogen and oxygen atoms in total. The minimum absolute atomic E-state index is 0.143. The number of nitrogens with one attached hydrogen (secondary N) is 1. The maximum absolute atomic E-state index is 11.9. The molecule has 2 saturated carbocycles. The van der Waals surface area contributed by atoms with E-state index in [1.165, 1.54) is 6.42 Å². The highest BCUT2D eigenvalue weighted by molar-refractivity contribution is 6.20. The van der Waals surface area contributed by atoms with Crippen LogP contribution in [0.4, 0.5) is 0 Å². The van der Waals surface area contributed by atoms with Gasteiger partial charge < -0.3 is 10.1 Å². The Morgan fingerprint density at radius 2 is 2.00 bits per heavy atom. The third-order valence-corrected chi connectivity index (χ3v) is 4.64. The molecule has 98 valence electrons. The summed E-state index contributed by atoms with van der Waals surface area (Å²) in [7, 11) is 1.71. The summed E-state index contributed by atoms with van der Waals surface area (Å²) in [5.74, 6) is 0.143. The Morgan fingerprint density at radius 3 is 2.47 bits per heavy atom. The summed E-state index contributed by atoms with van der Waals surface area (Å²) in [5, 5.41) is 3.43. The molecule has 2 aliphatic carbocycles. The van der Waals surface area contributed by atoms with Gasteiger partial charge in [0, 0.05) is 18.5 Å². The zero-order chi connectivity index (χ0) is 12.3. The Kier molecular flexibility index (Phi) is 4.31. The topological polar surface area (TPSA) is 38.3 Å². The molecule has 0 bridgehead atoms. The highest BCUT2D eigenvalue weighted by Crippen LogP contribution is 2.38. The molecule has 2 rings (SSSR count). The first kappa shape index (κ1) is 13.2. The molecule has 1 N–H and O–H groups in total. The normalized spacial score (nSPS) is 31.6. The predicted molar refractivity (Wildman–Crippen MR) is 68.2 cm³/mol. The largest absolute Gasteiger partial charge is 0.378 e. The smallest absolute Gasteiger partial charge is 0.223 e. The van der Waals surface area contributed by atoms with Gasteiger partial charge in [0.25, 0.3) is 0 Å². The number of methoxy groups -OCH3 is 1. The average molecular weight is 260 g/mol. The van der Waals surface area contributed by atoms with Crippen molar-refractivity contribution in [1.29, 1.82) is 0 Å². The van der Waals surface area contributed by atoms with Crippen LogP contribution in [0, 0.1) is 0 Å². The van der Waals surface area contributed by atoms with E-state index < -0.39 is 0 Å². The molecule has 4 heteroatoms. The maximum Gasteiger partial charge on any atom is 0.223 e. The van der Waals surface area contributed by atoms with E-state index in [9.17, 15) is 4.79 Å². The van der Waals surface area contributed by atoms with Gasteiger partial charge in [0.2, 0.25) is 5.91 Å². The molecule has 0 aromatic heterocycles. The van der Waals surface area contributed by atoms with Crippen molar-refractivity contribution in [1.82, 2.24) is 5.32 Å². The van der Waals surface area contributed by atoms with Crippen molar-refractivity contribution < 1.29 is 9.53 Å². The molecule has 0 radical (unpaired) electrons. The number of rotatable bonds is 4. The minimum Gasteiger partial charge on any atom is -0.378 e. The summed E-state index contributed by atoms with van der Waals surface area (Å²) in [6, 6.07) is 0.325. The lowest BCUT2D eigenvalue weighted by Gasteiger charge is -2.40. The van der Waals surface area contributed by atoms with E-state index >= 15 is 0 Å². The fourth-order valence-electron chi connectivity index (χ4n) is 2.79. The second-order valence-electron chi connectivity index (χ2n) is 5.43. The van der Waals surface area contributed by atoms with Gasteiger partial charge in [-0.15, -0.1) is 11.6 Å². The summed E-state index contributed by atoms with van der Waals surface area (Å²) >= 11 is 6.05. The van der Waals surface area contributed by atoms with Gasteiger partial charge in [0.1, 0.15) is 0 Å². The molecule has 0 aromatic rings. The Morgan fingerprint density at radius 1 is 1.35 bits per heavy atom. The zero-order valence-electron chi connectivity index (χ0n) is 10.5. The number of alkyl halides is 1. The van der Waals surface area contributed by atoms with Crippen LogP contribution in [0.3, 0.4) is 0 Å². The zero-order valence-corrected chi connectivity index (χ0v) is 11.3. The summed E-state index contributed by atoms with van der Waals surface area (Å²) in [5.41, 5.74) is -0.159. The van der Waals surface area contributed by atoms with Gasteiger partial charge in [-0.1, -0.05) is 0 Å². The third kappa shape index (κ3) is 3.35. The van der Waals surface area contributed by atoms with Crippen molar-refractivity contribution in [2.45, 2.75) is 68.4 Å². The third-order valence-electron chi connectivity index (χ3n) is 4.20. The Bertz CT molecular complexity index is 265. The molecule has 0 unspecified atom stereocenters. The molecule has 0 saturated heterocycles. The molecular weight excluding hydrogens is 238 g/mol. The van der Waals surface area contributed by atoms with Crippen molar-refractivity contribution in [2.75, 3.05) is 7.11 Å². The average Bonchev–Trinajstić information content (AvgIpc) is 2.27. The van der Waals surface area contributed by atoms with Gasteiger partial charge in [-0.3, -0.25) is 4.79 Å². The van der Waals surface area contributed by atoms with E-state index in [0.29, 0.717) is 17.8 Å². The molecule has 0 atom stereocenters. The van der Waals surface area contributed by atoms with Gasteiger partial charge in [0.05, 0.1) is 12.0 Å². The quantitative estimate of drug-likeness (QED) is 0.789. The van der Waals surface area contributed by atoms with Crippen LogP contribution in [-0.2, 0) is 9.53 Å². The predicted octanol–water partition coefficient (Wildman–Crippen LogP) is 2.61. The molecule has 1 amide bonds. The summed E-state index contributed by atoms with van der Waals surface area (Å²) in [6.45, 7) is 0. The first-order chi connectivity index (χ1) is 8.13. The number of hydrogen-bond donors (Lipinski definition) is 1. The highest BCUT2D eigenvalue weighted by Gasteiger charge is 2.39. The van der Waals surface area contributed by atoms with E-state index in [1.807, 2.05) is 0 Å². The van der Waals surface area contributed by atoms with Crippen molar-refractivity contribution >= 4 is 17.5 Å². The first-order valence-corrected chi connectivity index (χ1v) is 7.06. The second-order valence-corrected chi connectivity index (χ2v) is 6.05. The number of halogens is 1. The Hall–Kier alpha value is -0.280. The first-order valence-electron chi connectivity index (χ1n) is 6.62. The van der Waals surface area contributed by atoms with Crippen LogP contribution in [0.25, 0.3) is 0 Å². The fourth-order valence-corrected chi connectivity index (χ4v) is 3.04. The Labute approximate surface area is 108 Å². The van der Waals surface area contributed by atoms with Crippen LogP contribution in [0.5, 0.6) is 0 Å². The molecule has 0 aliphatic heterocycles. The molecule has 0 spiro atoms. The van der Waals surface area contributed by atoms with Crippen molar-refractivity contribution in [3.63, 3.8) is 0 Å². The van der Waals surface area contributed by atoms with Crippen LogP contribution in [0.1, 0.15) is 51.4 Å². The maximum atomic E-state index is 11.9. The van der Waals surface area contributed by atoms with Crippen LogP contribution in [0.2, 0.25) is 0 Å². The number of amides is 1. The summed E-state index contributed by atoms with van der Waals surface area (Å²) in [4.78, 5) is 11.9. The van der Waals surface area contributed by atoms with Gasteiger partial charge in [-0.05, 0) is 44.9 Å². The number of hydrogen-bond acceptors (Lipinski definition) is 2. The van der Waals surface area contributed by atoms with Crippen molar-refractivity contribution in [2.24, 2.45) is 0 Å². The second kappa shape index (κ2) is 5.57. The highest BCUT2D eigenvalue weighted by atomic mass is 35.5. The lowest BCUT2D eigenvalue weighted by atomic mass is 9.77. The van der Waals surface area contributed by atoms with Gasteiger partial charge in [0.15, 0.2) is 0 Å². The van der Waals surface area contributed by atoms with Crippen molar-refractivity contribution in [3.05, 3.63) is 0 Å². The van der Waals surface area contributed by atoms with E-state index in [4.69, 9.17) is 16.3 Å². The number of ether oxygens (including phenoxy) is 1. The fraction of sp³-hybridized carbons (Fsp3) is 0.923.